The molecule has 0 bridgehead atoms. The third-order valence-corrected chi connectivity index (χ3v) is 10.7. The van der Waals surface area contributed by atoms with Gasteiger partial charge in [-0.05, 0) is 96.8 Å². The van der Waals surface area contributed by atoms with E-state index in [1.165, 1.54) is 12.8 Å². The number of carbonyl (C=O) groups excluding carboxylic acids is 2. The van der Waals surface area contributed by atoms with Gasteiger partial charge in [0.2, 0.25) is 0 Å². The molecule has 12 nitrogen and oxygen atoms in total. The lowest BCUT2D eigenvalue weighted by Crippen LogP contribution is -2.55. The summed E-state index contributed by atoms with van der Waals surface area (Å²) in [6, 6.07) is 7.34. The van der Waals surface area contributed by atoms with Gasteiger partial charge < -0.3 is 28.7 Å². The summed E-state index contributed by atoms with van der Waals surface area (Å²) in [6.45, 7) is 19.1. The zero-order valence-corrected chi connectivity index (χ0v) is 30.1. The normalized spacial score (nSPS) is 23.5. The molecule has 6 aliphatic rings. The first-order chi connectivity index (χ1) is 23.8. The van der Waals surface area contributed by atoms with E-state index in [0.29, 0.717) is 25.0 Å². The van der Waals surface area contributed by atoms with Gasteiger partial charge in [-0.15, -0.1) is 0 Å². The van der Waals surface area contributed by atoms with Gasteiger partial charge in [-0.1, -0.05) is 20.4 Å². The Balaban J connectivity index is 0.000000157. The van der Waals surface area contributed by atoms with Crippen molar-refractivity contribution in [2.45, 2.75) is 116 Å². The number of carbonyl (C=O) groups is 2. The molecule has 2 fully saturated rings. The van der Waals surface area contributed by atoms with E-state index in [1.807, 2.05) is 48.8 Å². The predicted octanol–water partition coefficient (Wildman–Crippen LogP) is 6.23. The van der Waals surface area contributed by atoms with Crippen LogP contribution in [0, 0.1) is 0 Å². The van der Waals surface area contributed by atoms with Crippen molar-refractivity contribution in [2.75, 3.05) is 23.0 Å². The fourth-order valence-corrected chi connectivity index (χ4v) is 7.16. The molecule has 50 heavy (non-hydrogen) atoms. The number of nitrogens with one attached hydrogen (secondary N) is 2. The Kier molecular flexibility index (Phi) is 8.47. The Morgan fingerprint density at radius 1 is 0.820 bits per heavy atom. The molecule has 2 N–H and O–H groups in total. The molecule has 0 spiro atoms. The van der Waals surface area contributed by atoms with E-state index in [2.05, 4.69) is 61.4 Å². The number of nitrogens with zero attached hydrogens (tertiary/aromatic N) is 4. The summed E-state index contributed by atoms with van der Waals surface area (Å²) < 4.78 is 24.6. The molecule has 0 saturated heterocycles. The van der Waals surface area contributed by atoms with Crippen molar-refractivity contribution < 1.29 is 28.5 Å². The van der Waals surface area contributed by atoms with Crippen LogP contribution in [-0.2, 0) is 9.59 Å². The monoisotopic (exact) mass is 684 g/mol. The standard InChI is InChI=1S/C19H25N3O3.C19H23N3O3/c2*1-11(2)13-8-16-14(9-15(13)25-19(4)6-5-7-19)22-12(3)18(23)21-20-17(22)10-24-16/h8-9,11-12H,5-7,10H2,1-4H3,(H,21,23);8-9,12H,1,5-7,10H2,2-4H3,(H,21,23). The number of benzene rings is 2. The second kappa shape index (κ2) is 12.5. The lowest BCUT2D eigenvalue weighted by atomic mass is 9.81. The van der Waals surface area contributed by atoms with Crippen molar-refractivity contribution >= 4 is 40.4 Å². The predicted molar refractivity (Wildman–Crippen MR) is 193 cm³/mol. The highest BCUT2D eigenvalue weighted by Gasteiger charge is 2.40. The van der Waals surface area contributed by atoms with Gasteiger partial charge in [-0.3, -0.25) is 9.59 Å². The molecule has 2 amide bonds. The molecule has 2 unspecified atom stereocenters. The Bertz CT molecular complexity index is 1810. The molecule has 4 heterocycles. The Labute approximate surface area is 293 Å². The Morgan fingerprint density at radius 2 is 1.28 bits per heavy atom. The Hall–Kier alpha value is -4.74. The molecule has 2 aliphatic carbocycles. The van der Waals surface area contributed by atoms with Crippen LogP contribution in [-0.4, -0.2) is 60.0 Å². The minimum Gasteiger partial charge on any atom is -0.487 e. The van der Waals surface area contributed by atoms with Crippen molar-refractivity contribution in [3.05, 3.63) is 42.0 Å². The zero-order chi connectivity index (χ0) is 35.5. The lowest BCUT2D eigenvalue weighted by molar-refractivity contribution is -0.123. The fraction of sp³-hybridized carbons (Fsp3) is 0.526. The molecule has 8 rings (SSSR count). The number of ether oxygens (including phenoxy) is 4. The maximum Gasteiger partial charge on any atom is 0.262 e. The third-order valence-electron chi connectivity index (χ3n) is 10.7. The average Bonchev–Trinajstić information content (AvgIpc) is 3.05. The molecule has 4 aliphatic heterocycles. The summed E-state index contributed by atoms with van der Waals surface area (Å²) in [7, 11) is 0. The molecular weight excluding hydrogens is 636 g/mol. The van der Waals surface area contributed by atoms with Gasteiger partial charge in [0.25, 0.3) is 11.8 Å². The smallest absolute Gasteiger partial charge is 0.262 e. The molecule has 12 heteroatoms. The van der Waals surface area contributed by atoms with Gasteiger partial charge in [-0.2, -0.15) is 10.2 Å². The van der Waals surface area contributed by atoms with Gasteiger partial charge in [0.05, 0.1) is 11.4 Å². The summed E-state index contributed by atoms with van der Waals surface area (Å²) in [5.41, 5.74) is 9.57. The third kappa shape index (κ3) is 6.02. The van der Waals surface area contributed by atoms with Crippen molar-refractivity contribution in [3.63, 3.8) is 0 Å². The zero-order valence-electron chi connectivity index (χ0n) is 30.1. The summed E-state index contributed by atoms with van der Waals surface area (Å²) in [4.78, 5) is 28.0. The van der Waals surface area contributed by atoms with E-state index < -0.39 is 0 Å². The first-order valence-electron chi connectivity index (χ1n) is 17.7. The van der Waals surface area contributed by atoms with Crippen molar-refractivity contribution in [3.8, 4) is 23.0 Å². The highest BCUT2D eigenvalue weighted by molar-refractivity contribution is 6.10. The number of hydrogen-bond acceptors (Lipinski definition) is 10. The summed E-state index contributed by atoms with van der Waals surface area (Å²) in [5.74, 6) is 4.69. The van der Waals surface area contributed by atoms with Gasteiger partial charge in [0.1, 0.15) is 59.5 Å². The van der Waals surface area contributed by atoms with E-state index in [1.54, 1.807) is 0 Å². The number of fused-ring (bicyclic) bond motifs is 6. The summed E-state index contributed by atoms with van der Waals surface area (Å²) in [6.07, 6.45) is 6.65. The number of anilines is 2. The number of amides is 2. The minimum absolute atomic E-state index is 0.0881. The molecule has 0 aromatic heterocycles. The van der Waals surface area contributed by atoms with Crippen LogP contribution in [0.5, 0.6) is 23.0 Å². The largest absolute Gasteiger partial charge is 0.487 e. The van der Waals surface area contributed by atoms with Crippen molar-refractivity contribution in [2.24, 2.45) is 10.2 Å². The van der Waals surface area contributed by atoms with E-state index in [9.17, 15) is 9.59 Å². The highest BCUT2D eigenvalue weighted by Crippen LogP contribution is 2.47. The number of hydrogen-bond donors (Lipinski definition) is 2. The van der Waals surface area contributed by atoms with E-state index in [0.717, 1.165) is 82.6 Å². The van der Waals surface area contributed by atoms with Crippen LogP contribution in [0.3, 0.4) is 0 Å². The maximum atomic E-state index is 12.1. The van der Waals surface area contributed by atoms with Crippen LogP contribution in [0.15, 0.2) is 41.0 Å². The van der Waals surface area contributed by atoms with Crippen molar-refractivity contribution in [1.29, 1.82) is 0 Å². The number of allylic oxidation sites excluding steroid dienone is 1. The highest BCUT2D eigenvalue weighted by atomic mass is 16.5. The fourth-order valence-electron chi connectivity index (χ4n) is 7.16. The van der Waals surface area contributed by atoms with Gasteiger partial charge in [-0.25, -0.2) is 10.9 Å². The minimum atomic E-state index is -0.349. The molecule has 2 aromatic rings. The topological polar surface area (TPSA) is 126 Å². The molecule has 266 valence electrons. The summed E-state index contributed by atoms with van der Waals surface area (Å²) in [5, 5.41) is 8.28. The van der Waals surface area contributed by atoms with Gasteiger partial charge >= 0.3 is 0 Å². The first kappa shape index (κ1) is 33.7. The molecule has 2 aromatic carbocycles. The second-order valence-electron chi connectivity index (χ2n) is 15.1. The van der Waals surface area contributed by atoms with Gasteiger partial charge in [0.15, 0.2) is 11.7 Å². The first-order valence-corrected chi connectivity index (χ1v) is 17.7. The lowest BCUT2D eigenvalue weighted by Gasteiger charge is -2.41. The maximum absolute atomic E-state index is 12.1. The number of rotatable bonds is 6. The van der Waals surface area contributed by atoms with E-state index in [-0.39, 0.29) is 35.1 Å². The van der Waals surface area contributed by atoms with Crippen LogP contribution < -0.4 is 39.6 Å². The van der Waals surface area contributed by atoms with Crippen LogP contribution >= 0.6 is 0 Å². The van der Waals surface area contributed by atoms with Crippen LogP contribution in [0.25, 0.3) is 5.57 Å². The average molecular weight is 685 g/mol. The second-order valence-corrected chi connectivity index (χ2v) is 15.1. The summed E-state index contributed by atoms with van der Waals surface area (Å²) >= 11 is 0. The van der Waals surface area contributed by atoms with Crippen molar-refractivity contribution in [1.82, 2.24) is 10.9 Å². The number of amidine groups is 2. The van der Waals surface area contributed by atoms with Crippen LogP contribution in [0.2, 0.25) is 0 Å². The molecule has 0 radical (unpaired) electrons. The molecular formula is C38H48N6O6. The van der Waals surface area contributed by atoms with Gasteiger partial charge in [0, 0.05) is 23.3 Å². The number of hydrazone groups is 2. The Morgan fingerprint density at radius 3 is 1.72 bits per heavy atom. The van der Waals surface area contributed by atoms with Crippen LogP contribution in [0.4, 0.5) is 11.4 Å². The molecule has 2 saturated carbocycles. The van der Waals surface area contributed by atoms with E-state index >= 15 is 0 Å². The van der Waals surface area contributed by atoms with E-state index in [4.69, 9.17) is 18.9 Å². The SMILES string of the molecule is C=C(C)c1cc2c(cc1OC1(C)CCC1)N1C(=NNC(=O)C1C)CO2.CC(C)c1cc2c(cc1OC1(C)CCC1)N1C(=NNC(=O)C1C)CO2. The quantitative estimate of drug-likeness (QED) is 0.367. The van der Waals surface area contributed by atoms with Crippen LogP contribution in [0.1, 0.15) is 104 Å². The molecule has 2 atom stereocenters.